The Morgan fingerprint density at radius 3 is 2.71 bits per heavy atom. The average Bonchev–Trinajstić information content (AvgIpc) is 1.68. The molecule has 1 N–H and O–H groups in total. The summed E-state index contributed by atoms with van der Waals surface area (Å²) < 4.78 is 0. The van der Waals surface area contributed by atoms with Crippen molar-refractivity contribution >= 4 is 23.6 Å². The monoisotopic (exact) mass is 117 g/mol. The molecule has 40 valence electrons. The van der Waals surface area contributed by atoms with E-state index in [4.69, 9.17) is 0 Å². The third-order valence-electron chi connectivity index (χ3n) is 0.541. The summed E-state index contributed by atoms with van der Waals surface area (Å²) in [5, 5.41) is 2.35. The van der Waals surface area contributed by atoms with E-state index in [1.165, 1.54) is 5.49 Å². The standard InChI is InChI=1S/C4H7NOS/c1-2-4(6)5-3-7/h3H,2H2,1H3,(H,5,6,7). The summed E-state index contributed by atoms with van der Waals surface area (Å²) in [5.74, 6) is -0.0324. The van der Waals surface area contributed by atoms with E-state index in [0.717, 1.165) is 0 Å². The molecular formula is C4H7NOS. The Morgan fingerprint density at radius 1 is 2.00 bits per heavy atom. The minimum absolute atomic E-state index is 0.0324. The van der Waals surface area contributed by atoms with E-state index in [-0.39, 0.29) is 5.91 Å². The average molecular weight is 117 g/mol. The van der Waals surface area contributed by atoms with E-state index < -0.39 is 0 Å². The topological polar surface area (TPSA) is 29.1 Å². The zero-order chi connectivity index (χ0) is 5.70. The summed E-state index contributed by atoms with van der Waals surface area (Å²) in [6, 6.07) is 0. The van der Waals surface area contributed by atoms with Crippen LogP contribution in [0.5, 0.6) is 0 Å². The third-order valence-corrected chi connectivity index (χ3v) is 0.659. The van der Waals surface area contributed by atoms with Crippen molar-refractivity contribution in [2.45, 2.75) is 13.3 Å². The number of amides is 1. The van der Waals surface area contributed by atoms with Gasteiger partial charge in [0.05, 0.1) is 5.49 Å². The normalized spacial score (nSPS) is 7.57. The second-order valence-corrected chi connectivity index (χ2v) is 1.27. The zero-order valence-corrected chi connectivity index (χ0v) is 4.92. The number of hydrogen-bond donors (Lipinski definition) is 1. The fourth-order valence-electron chi connectivity index (χ4n) is 0.168. The van der Waals surface area contributed by atoms with Crippen LogP contribution in [-0.4, -0.2) is 11.4 Å². The SMILES string of the molecule is CCC(=O)NC=S. The van der Waals surface area contributed by atoms with Crippen molar-refractivity contribution in [3.8, 4) is 0 Å². The van der Waals surface area contributed by atoms with Gasteiger partial charge in [0.15, 0.2) is 0 Å². The van der Waals surface area contributed by atoms with Crippen LogP contribution in [-0.2, 0) is 4.79 Å². The van der Waals surface area contributed by atoms with Gasteiger partial charge < -0.3 is 5.32 Å². The van der Waals surface area contributed by atoms with E-state index in [2.05, 4.69) is 17.5 Å². The molecular weight excluding hydrogens is 110 g/mol. The van der Waals surface area contributed by atoms with Gasteiger partial charge >= 0.3 is 0 Å². The van der Waals surface area contributed by atoms with Gasteiger partial charge in [0.25, 0.3) is 0 Å². The third kappa shape index (κ3) is 3.39. The first kappa shape index (κ1) is 6.56. The van der Waals surface area contributed by atoms with Crippen molar-refractivity contribution in [3.05, 3.63) is 0 Å². The van der Waals surface area contributed by atoms with Crippen molar-refractivity contribution in [1.82, 2.24) is 5.32 Å². The maximum atomic E-state index is 10.2. The second kappa shape index (κ2) is 3.74. The molecule has 0 heterocycles. The molecule has 3 heteroatoms. The van der Waals surface area contributed by atoms with Crippen LogP contribution in [0.2, 0.25) is 0 Å². The molecule has 0 saturated carbocycles. The van der Waals surface area contributed by atoms with Gasteiger partial charge in [-0.3, -0.25) is 4.79 Å². The Kier molecular flexibility index (Phi) is 3.50. The molecule has 0 aliphatic rings. The number of rotatable bonds is 2. The van der Waals surface area contributed by atoms with Gasteiger partial charge in [0, 0.05) is 6.42 Å². The van der Waals surface area contributed by atoms with Crippen molar-refractivity contribution in [2.24, 2.45) is 0 Å². The van der Waals surface area contributed by atoms with Gasteiger partial charge in [0.2, 0.25) is 5.91 Å². The highest BCUT2D eigenvalue weighted by Crippen LogP contribution is 1.69. The molecule has 1 amide bonds. The smallest absolute Gasteiger partial charge is 0.224 e. The predicted octanol–water partition coefficient (Wildman–Crippen LogP) is 0.470. The molecule has 0 aliphatic heterocycles. The van der Waals surface area contributed by atoms with E-state index in [0.29, 0.717) is 6.42 Å². The van der Waals surface area contributed by atoms with E-state index in [9.17, 15) is 4.79 Å². The summed E-state index contributed by atoms with van der Waals surface area (Å²) in [6.45, 7) is 1.77. The van der Waals surface area contributed by atoms with Crippen LogP contribution >= 0.6 is 12.2 Å². The molecule has 0 bridgehead atoms. The molecule has 0 unspecified atom stereocenters. The first-order valence-corrected chi connectivity index (χ1v) is 2.51. The summed E-state index contributed by atoms with van der Waals surface area (Å²) in [5.41, 5.74) is 1.21. The zero-order valence-electron chi connectivity index (χ0n) is 4.10. The van der Waals surface area contributed by atoms with Gasteiger partial charge in [-0.05, 0) is 0 Å². The summed E-state index contributed by atoms with van der Waals surface area (Å²) in [6.07, 6.45) is 0.493. The quantitative estimate of drug-likeness (QED) is 0.533. The minimum atomic E-state index is -0.0324. The van der Waals surface area contributed by atoms with Crippen LogP contribution in [0, 0.1) is 0 Å². The van der Waals surface area contributed by atoms with Gasteiger partial charge in [-0.2, -0.15) is 0 Å². The Hall–Kier alpha value is -0.440. The molecule has 0 fully saturated rings. The van der Waals surface area contributed by atoms with Gasteiger partial charge in [-0.1, -0.05) is 19.1 Å². The molecule has 0 aliphatic carbocycles. The van der Waals surface area contributed by atoms with Crippen LogP contribution in [0.25, 0.3) is 0 Å². The maximum absolute atomic E-state index is 10.2. The molecule has 0 atom stereocenters. The van der Waals surface area contributed by atoms with Crippen molar-refractivity contribution in [3.63, 3.8) is 0 Å². The lowest BCUT2D eigenvalue weighted by molar-refractivity contribution is -0.119. The summed E-state index contributed by atoms with van der Waals surface area (Å²) in [7, 11) is 0. The molecule has 0 spiro atoms. The number of thiocarbonyl (C=S) groups is 1. The Labute approximate surface area is 47.9 Å². The lowest BCUT2D eigenvalue weighted by atomic mass is 10.5. The fraction of sp³-hybridized carbons (Fsp3) is 0.500. The van der Waals surface area contributed by atoms with Crippen molar-refractivity contribution in [2.75, 3.05) is 0 Å². The van der Waals surface area contributed by atoms with E-state index in [1.807, 2.05) is 0 Å². The van der Waals surface area contributed by atoms with Crippen LogP contribution in [0.3, 0.4) is 0 Å². The highest BCUT2D eigenvalue weighted by Gasteiger charge is 1.87. The van der Waals surface area contributed by atoms with Gasteiger partial charge in [-0.15, -0.1) is 0 Å². The number of carbonyl (C=O) groups is 1. The maximum Gasteiger partial charge on any atom is 0.224 e. The Bertz CT molecular complexity index is 81.8. The highest BCUT2D eigenvalue weighted by atomic mass is 32.1. The molecule has 0 aromatic heterocycles. The molecule has 0 aromatic rings. The van der Waals surface area contributed by atoms with Crippen molar-refractivity contribution < 1.29 is 4.79 Å². The Morgan fingerprint density at radius 2 is 2.57 bits per heavy atom. The van der Waals surface area contributed by atoms with Crippen LogP contribution in [0.15, 0.2) is 0 Å². The largest absolute Gasteiger partial charge is 0.323 e. The number of nitrogens with one attached hydrogen (secondary N) is 1. The fourth-order valence-corrected chi connectivity index (χ4v) is 0.299. The highest BCUT2D eigenvalue weighted by molar-refractivity contribution is 7.78. The molecule has 0 saturated heterocycles. The molecule has 0 rings (SSSR count). The van der Waals surface area contributed by atoms with E-state index >= 15 is 0 Å². The van der Waals surface area contributed by atoms with Gasteiger partial charge in [0.1, 0.15) is 0 Å². The Balaban J connectivity index is 3.17. The molecule has 0 radical (unpaired) electrons. The van der Waals surface area contributed by atoms with Gasteiger partial charge in [-0.25, -0.2) is 0 Å². The van der Waals surface area contributed by atoms with Crippen LogP contribution in [0.4, 0.5) is 0 Å². The molecule has 7 heavy (non-hydrogen) atoms. The number of hydrogen-bond acceptors (Lipinski definition) is 2. The van der Waals surface area contributed by atoms with Crippen molar-refractivity contribution in [1.29, 1.82) is 0 Å². The minimum Gasteiger partial charge on any atom is -0.323 e. The lowest BCUT2D eigenvalue weighted by Gasteiger charge is -1.88. The summed E-state index contributed by atoms with van der Waals surface area (Å²) in [4.78, 5) is 10.2. The van der Waals surface area contributed by atoms with Crippen LogP contribution < -0.4 is 5.32 Å². The van der Waals surface area contributed by atoms with E-state index in [1.54, 1.807) is 6.92 Å². The number of carbonyl (C=O) groups excluding carboxylic acids is 1. The predicted molar refractivity (Wildman–Crippen MR) is 32.1 cm³/mol. The second-order valence-electron chi connectivity index (χ2n) is 1.04. The lowest BCUT2D eigenvalue weighted by Crippen LogP contribution is -2.18. The van der Waals surface area contributed by atoms with Crippen LogP contribution in [0.1, 0.15) is 13.3 Å². The molecule has 2 nitrogen and oxygen atoms in total. The summed E-state index contributed by atoms with van der Waals surface area (Å²) >= 11 is 4.34. The first-order valence-electron chi connectivity index (χ1n) is 2.04. The molecule has 0 aromatic carbocycles. The first-order chi connectivity index (χ1) is 3.31.